The SMILES string of the molecule is Cc1nc(NC(=O)c2[nH]cnc2C(N)=O)[nH]c1C. The molecule has 2 amide bonds. The minimum atomic E-state index is -0.770. The van der Waals surface area contributed by atoms with Crippen LogP contribution in [0.3, 0.4) is 0 Å². The summed E-state index contributed by atoms with van der Waals surface area (Å²) in [6, 6.07) is 0. The highest BCUT2D eigenvalue weighted by molar-refractivity contribution is 6.09. The lowest BCUT2D eigenvalue weighted by Crippen LogP contribution is -2.20. The van der Waals surface area contributed by atoms with E-state index >= 15 is 0 Å². The number of rotatable bonds is 3. The van der Waals surface area contributed by atoms with E-state index in [4.69, 9.17) is 5.73 Å². The maximum atomic E-state index is 11.9. The maximum absolute atomic E-state index is 11.9. The van der Waals surface area contributed by atoms with Crippen LogP contribution in [0.4, 0.5) is 5.95 Å². The van der Waals surface area contributed by atoms with Gasteiger partial charge in [-0.05, 0) is 13.8 Å². The van der Waals surface area contributed by atoms with E-state index in [-0.39, 0.29) is 11.4 Å². The van der Waals surface area contributed by atoms with Crippen LogP contribution in [-0.2, 0) is 0 Å². The van der Waals surface area contributed by atoms with Crippen LogP contribution >= 0.6 is 0 Å². The van der Waals surface area contributed by atoms with Crippen LogP contribution in [-0.4, -0.2) is 31.8 Å². The van der Waals surface area contributed by atoms with Crippen LogP contribution in [0.15, 0.2) is 6.33 Å². The fourth-order valence-corrected chi connectivity index (χ4v) is 1.43. The van der Waals surface area contributed by atoms with Gasteiger partial charge in [-0.1, -0.05) is 0 Å². The zero-order chi connectivity index (χ0) is 13.3. The molecule has 2 aromatic heterocycles. The first-order valence-electron chi connectivity index (χ1n) is 5.16. The number of carbonyl (C=O) groups excluding carboxylic acids is 2. The lowest BCUT2D eigenvalue weighted by molar-refractivity contribution is 0.0972. The van der Waals surface area contributed by atoms with Gasteiger partial charge in [-0.15, -0.1) is 0 Å². The van der Waals surface area contributed by atoms with Gasteiger partial charge in [-0.2, -0.15) is 0 Å². The first-order valence-corrected chi connectivity index (χ1v) is 5.16. The number of carbonyl (C=O) groups is 2. The normalized spacial score (nSPS) is 10.3. The molecule has 2 heterocycles. The highest BCUT2D eigenvalue weighted by Gasteiger charge is 2.19. The molecule has 0 saturated carbocycles. The first-order chi connectivity index (χ1) is 8.49. The molecule has 0 unspecified atom stereocenters. The smallest absolute Gasteiger partial charge is 0.276 e. The molecule has 94 valence electrons. The van der Waals surface area contributed by atoms with Gasteiger partial charge < -0.3 is 15.7 Å². The van der Waals surface area contributed by atoms with Gasteiger partial charge in [-0.3, -0.25) is 14.9 Å². The molecule has 8 nitrogen and oxygen atoms in total. The van der Waals surface area contributed by atoms with Crippen LogP contribution in [0, 0.1) is 13.8 Å². The first kappa shape index (κ1) is 11.8. The van der Waals surface area contributed by atoms with Gasteiger partial charge in [0.2, 0.25) is 5.95 Å². The number of hydrogen-bond donors (Lipinski definition) is 4. The molecule has 0 atom stereocenters. The van der Waals surface area contributed by atoms with E-state index < -0.39 is 11.8 Å². The average Bonchev–Trinajstić information content (AvgIpc) is 2.86. The Kier molecular flexibility index (Phi) is 2.84. The Labute approximate surface area is 102 Å². The number of amides is 2. The molecule has 0 aromatic carbocycles. The third-order valence-corrected chi connectivity index (χ3v) is 2.46. The predicted molar refractivity (Wildman–Crippen MR) is 63.1 cm³/mol. The maximum Gasteiger partial charge on any atom is 0.276 e. The number of anilines is 1. The third kappa shape index (κ3) is 2.08. The molecule has 5 N–H and O–H groups in total. The van der Waals surface area contributed by atoms with Crippen LogP contribution in [0.1, 0.15) is 32.4 Å². The number of nitrogens with zero attached hydrogens (tertiary/aromatic N) is 2. The molecule has 0 saturated heterocycles. The van der Waals surface area contributed by atoms with E-state index in [2.05, 4.69) is 25.3 Å². The summed E-state index contributed by atoms with van der Waals surface area (Å²) in [5.74, 6) is -0.997. The van der Waals surface area contributed by atoms with Crippen molar-refractivity contribution in [2.75, 3.05) is 5.32 Å². The standard InChI is InChI=1S/C10H12N6O2/c1-4-5(2)15-10(14-4)16-9(18)7-6(8(11)17)12-3-13-7/h3H,1-2H3,(H2,11,17)(H,12,13)(H2,14,15,16,18). The summed E-state index contributed by atoms with van der Waals surface area (Å²) in [5.41, 5.74) is 6.63. The van der Waals surface area contributed by atoms with Crippen molar-refractivity contribution in [1.29, 1.82) is 0 Å². The number of nitrogens with one attached hydrogen (secondary N) is 3. The van der Waals surface area contributed by atoms with Crippen LogP contribution in [0.5, 0.6) is 0 Å². The van der Waals surface area contributed by atoms with Crippen molar-refractivity contribution >= 4 is 17.8 Å². The van der Waals surface area contributed by atoms with E-state index in [1.165, 1.54) is 6.33 Å². The molecule has 18 heavy (non-hydrogen) atoms. The Morgan fingerprint density at radius 2 is 2.11 bits per heavy atom. The van der Waals surface area contributed by atoms with Crippen molar-refractivity contribution in [2.24, 2.45) is 5.73 Å². The van der Waals surface area contributed by atoms with E-state index in [1.807, 2.05) is 13.8 Å². The van der Waals surface area contributed by atoms with E-state index in [0.717, 1.165) is 11.4 Å². The van der Waals surface area contributed by atoms with Crippen molar-refractivity contribution in [3.8, 4) is 0 Å². The van der Waals surface area contributed by atoms with Gasteiger partial charge in [0.25, 0.3) is 11.8 Å². The summed E-state index contributed by atoms with van der Waals surface area (Å²) in [6.07, 6.45) is 1.23. The number of imidazole rings is 2. The van der Waals surface area contributed by atoms with Crippen molar-refractivity contribution in [2.45, 2.75) is 13.8 Å². The fourth-order valence-electron chi connectivity index (χ4n) is 1.43. The zero-order valence-electron chi connectivity index (χ0n) is 9.87. The summed E-state index contributed by atoms with van der Waals surface area (Å²) < 4.78 is 0. The quantitative estimate of drug-likeness (QED) is 0.613. The minimum absolute atomic E-state index is 0.00852. The lowest BCUT2D eigenvalue weighted by atomic mass is 10.3. The average molecular weight is 248 g/mol. The van der Waals surface area contributed by atoms with E-state index in [9.17, 15) is 9.59 Å². The Balaban J connectivity index is 2.22. The Morgan fingerprint density at radius 3 is 2.67 bits per heavy atom. The van der Waals surface area contributed by atoms with Gasteiger partial charge >= 0.3 is 0 Å². The molecule has 2 aromatic rings. The van der Waals surface area contributed by atoms with Crippen molar-refractivity contribution < 1.29 is 9.59 Å². The molecule has 0 spiro atoms. The van der Waals surface area contributed by atoms with Crippen molar-refractivity contribution in [3.05, 3.63) is 29.1 Å². The summed E-state index contributed by atoms with van der Waals surface area (Å²) in [4.78, 5) is 36.1. The second-order valence-corrected chi connectivity index (χ2v) is 3.74. The zero-order valence-corrected chi connectivity index (χ0v) is 9.87. The van der Waals surface area contributed by atoms with Crippen molar-refractivity contribution in [1.82, 2.24) is 19.9 Å². The molecule has 0 bridgehead atoms. The number of aryl methyl sites for hydroxylation is 2. The van der Waals surface area contributed by atoms with Gasteiger partial charge in [-0.25, -0.2) is 9.97 Å². The molecule has 0 aliphatic heterocycles. The van der Waals surface area contributed by atoms with Crippen molar-refractivity contribution in [3.63, 3.8) is 0 Å². The van der Waals surface area contributed by atoms with E-state index in [0.29, 0.717) is 5.95 Å². The summed E-state index contributed by atoms with van der Waals surface area (Å²) in [7, 11) is 0. The number of hydrogen-bond acceptors (Lipinski definition) is 4. The van der Waals surface area contributed by atoms with Gasteiger partial charge in [0.05, 0.1) is 12.0 Å². The predicted octanol–water partition coefficient (Wildman–Crippen LogP) is 0.101. The summed E-state index contributed by atoms with van der Waals surface area (Å²) in [5, 5.41) is 2.52. The Morgan fingerprint density at radius 1 is 1.39 bits per heavy atom. The number of nitrogens with two attached hydrogens (primary N) is 1. The second-order valence-electron chi connectivity index (χ2n) is 3.74. The monoisotopic (exact) mass is 248 g/mol. The number of H-pyrrole nitrogens is 2. The molecular weight excluding hydrogens is 236 g/mol. The number of aromatic nitrogens is 4. The van der Waals surface area contributed by atoms with Gasteiger partial charge in [0.15, 0.2) is 5.69 Å². The molecule has 8 heteroatoms. The number of aromatic amines is 2. The molecular formula is C10H12N6O2. The Hall–Kier alpha value is -2.64. The van der Waals surface area contributed by atoms with Gasteiger partial charge in [0.1, 0.15) is 5.69 Å². The van der Waals surface area contributed by atoms with E-state index in [1.54, 1.807) is 0 Å². The molecule has 0 fully saturated rings. The third-order valence-electron chi connectivity index (χ3n) is 2.46. The minimum Gasteiger partial charge on any atom is -0.364 e. The second kappa shape index (κ2) is 4.32. The highest BCUT2D eigenvalue weighted by Crippen LogP contribution is 2.09. The summed E-state index contributed by atoms with van der Waals surface area (Å²) in [6.45, 7) is 3.65. The molecule has 0 aliphatic carbocycles. The lowest BCUT2D eigenvalue weighted by Gasteiger charge is -2.00. The number of primary amides is 1. The fraction of sp³-hybridized carbons (Fsp3) is 0.200. The summed E-state index contributed by atoms with van der Waals surface area (Å²) >= 11 is 0. The topological polar surface area (TPSA) is 130 Å². The largest absolute Gasteiger partial charge is 0.364 e. The van der Waals surface area contributed by atoms with Gasteiger partial charge in [0, 0.05) is 5.69 Å². The molecule has 2 rings (SSSR count). The van der Waals surface area contributed by atoms with Crippen LogP contribution < -0.4 is 11.1 Å². The van der Waals surface area contributed by atoms with Crippen LogP contribution in [0.2, 0.25) is 0 Å². The van der Waals surface area contributed by atoms with Crippen LogP contribution in [0.25, 0.3) is 0 Å². The molecule has 0 radical (unpaired) electrons. The molecule has 0 aliphatic rings. The Bertz CT molecular complexity index is 592. The highest BCUT2D eigenvalue weighted by atomic mass is 16.2.